The fourth-order valence-corrected chi connectivity index (χ4v) is 4.22. The number of hydrogen-bond donors (Lipinski definition) is 3. The van der Waals surface area contributed by atoms with E-state index in [2.05, 4.69) is 15.6 Å². The molecule has 2 aromatic rings. The van der Waals surface area contributed by atoms with E-state index in [0.717, 1.165) is 42.1 Å². The molecule has 148 valence electrons. The minimum atomic E-state index is -0.765. The van der Waals surface area contributed by atoms with Crippen molar-refractivity contribution in [3.8, 4) is 0 Å². The van der Waals surface area contributed by atoms with Crippen molar-refractivity contribution in [1.29, 1.82) is 0 Å². The van der Waals surface area contributed by atoms with Crippen molar-refractivity contribution in [3.63, 3.8) is 0 Å². The van der Waals surface area contributed by atoms with Gasteiger partial charge in [-0.15, -0.1) is 0 Å². The molecule has 0 radical (unpaired) electrons. The van der Waals surface area contributed by atoms with Crippen molar-refractivity contribution in [2.45, 2.75) is 57.0 Å². The summed E-state index contributed by atoms with van der Waals surface area (Å²) in [6, 6.07) is 6.96. The second-order valence-electron chi connectivity index (χ2n) is 7.71. The lowest BCUT2D eigenvalue weighted by Crippen LogP contribution is -2.41. The molecule has 28 heavy (non-hydrogen) atoms. The summed E-state index contributed by atoms with van der Waals surface area (Å²) in [5, 5.41) is 6.76. The highest BCUT2D eigenvalue weighted by atomic mass is 16.2. The fourth-order valence-electron chi connectivity index (χ4n) is 4.22. The number of H-pyrrole nitrogens is 1. The van der Waals surface area contributed by atoms with Crippen molar-refractivity contribution < 1.29 is 14.4 Å². The second kappa shape index (κ2) is 8.04. The van der Waals surface area contributed by atoms with Crippen molar-refractivity contribution in [3.05, 3.63) is 36.0 Å². The monoisotopic (exact) mass is 382 g/mol. The van der Waals surface area contributed by atoms with E-state index in [1.54, 1.807) is 0 Å². The number of fused-ring (bicyclic) bond motifs is 1. The number of carbonyl (C=O) groups excluding carboxylic acids is 3. The number of imide groups is 1. The molecule has 1 atom stereocenters. The number of benzene rings is 1. The van der Waals surface area contributed by atoms with Crippen LogP contribution in [0.25, 0.3) is 10.9 Å². The van der Waals surface area contributed by atoms with E-state index in [-0.39, 0.29) is 24.3 Å². The van der Waals surface area contributed by atoms with E-state index < -0.39 is 12.1 Å². The van der Waals surface area contributed by atoms with Gasteiger partial charge in [-0.1, -0.05) is 37.5 Å². The molecule has 7 nitrogen and oxygen atoms in total. The Morgan fingerprint density at radius 3 is 2.75 bits per heavy atom. The molecular formula is C21H26N4O3. The molecule has 1 aliphatic heterocycles. The van der Waals surface area contributed by atoms with Gasteiger partial charge in [-0.2, -0.15) is 0 Å². The summed E-state index contributed by atoms with van der Waals surface area (Å²) in [5.41, 5.74) is 2.10. The third-order valence-corrected chi connectivity index (χ3v) is 5.75. The normalized spacial score (nSPS) is 20.6. The molecule has 1 saturated carbocycles. The Morgan fingerprint density at radius 2 is 1.93 bits per heavy atom. The first kappa shape index (κ1) is 18.5. The van der Waals surface area contributed by atoms with Crippen LogP contribution in [-0.4, -0.2) is 46.4 Å². The minimum Gasteiger partial charge on any atom is -0.361 e. The van der Waals surface area contributed by atoms with E-state index in [1.807, 2.05) is 30.5 Å². The van der Waals surface area contributed by atoms with Crippen molar-refractivity contribution >= 4 is 28.7 Å². The average Bonchev–Trinajstić information content (AvgIpc) is 3.22. The first-order chi connectivity index (χ1) is 13.6. The van der Waals surface area contributed by atoms with Crippen LogP contribution in [0.15, 0.2) is 30.5 Å². The van der Waals surface area contributed by atoms with Crippen LogP contribution in [0, 0.1) is 0 Å². The zero-order chi connectivity index (χ0) is 19.5. The second-order valence-corrected chi connectivity index (χ2v) is 7.71. The van der Waals surface area contributed by atoms with Crippen LogP contribution in [0.4, 0.5) is 4.79 Å². The molecule has 1 aliphatic carbocycles. The minimum absolute atomic E-state index is 0.00462. The molecule has 1 aromatic carbocycles. The van der Waals surface area contributed by atoms with Gasteiger partial charge < -0.3 is 15.6 Å². The lowest BCUT2D eigenvalue weighted by atomic mass is 9.95. The molecule has 0 unspecified atom stereocenters. The van der Waals surface area contributed by atoms with Crippen LogP contribution in [-0.2, 0) is 16.0 Å². The van der Waals surface area contributed by atoms with Crippen LogP contribution < -0.4 is 10.6 Å². The van der Waals surface area contributed by atoms with Gasteiger partial charge in [-0.3, -0.25) is 14.5 Å². The molecule has 0 spiro atoms. The maximum Gasteiger partial charge on any atom is 0.324 e. The van der Waals surface area contributed by atoms with E-state index in [4.69, 9.17) is 0 Å². The van der Waals surface area contributed by atoms with Crippen molar-refractivity contribution in [1.82, 2.24) is 20.5 Å². The highest BCUT2D eigenvalue weighted by Crippen LogP contribution is 2.20. The van der Waals surface area contributed by atoms with Gasteiger partial charge >= 0.3 is 6.03 Å². The Bertz CT molecular complexity index is 885. The van der Waals surface area contributed by atoms with Crippen LogP contribution >= 0.6 is 0 Å². The first-order valence-electron chi connectivity index (χ1n) is 10.1. The van der Waals surface area contributed by atoms with Gasteiger partial charge in [0.2, 0.25) is 5.91 Å². The van der Waals surface area contributed by atoms with Gasteiger partial charge in [0.05, 0.1) is 6.42 Å². The maximum absolute atomic E-state index is 12.6. The summed E-state index contributed by atoms with van der Waals surface area (Å²) < 4.78 is 0. The molecular weight excluding hydrogens is 356 g/mol. The summed E-state index contributed by atoms with van der Waals surface area (Å²) >= 11 is 0. The lowest BCUT2D eigenvalue weighted by Gasteiger charge is -2.23. The molecule has 1 aromatic heterocycles. The summed E-state index contributed by atoms with van der Waals surface area (Å²) in [6.07, 6.45) is 7.96. The number of nitrogens with one attached hydrogen (secondary N) is 3. The van der Waals surface area contributed by atoms with E-state index >= 15 is 0 Å². The molecule has 2 aliphatic rings. The summed E-state index contributed by atoms with van der Waals surface area (Å²) in [4.78, 5) is 41.6. The number of aromatic amines is 1. The quantitative estimate of drug-likeness (QED) is 0.670. The molecule has 1 saturated heterocycles. The number of rotatable bonds is 6. The number of amides is 4. The standard InChI is InChI=1S/C21H26N4O3/c26-19(23-15-6-2-1-3-7-15)12-18-20(27)25(21(28)24-18)11-10-14-13-22-17-9-5-4-8-16(14)17/h4-5,8-9,13,15,18,22H,1-3,6-7,10-12H2,(H,23,26)(H,24,28)/t18-/m1/s1. The predicted octanol–water partition coefficient (Wildman–Crippen LogP) is 2.47. The topological polar surface area (TPSA) is 94.3 Å². The number of carbonyl (C=O) groups is 3. The van der Waals surface area contributed by atoms with Gasteiger partial charge in [-0.05, 0) is 30.9 Å². The van der Waals surface area contributed by atoms with Crippen molar-refractivity contribution in [2.75, 3.05) is 6.54 Å². The number of aromatic nitrogens is 1. The van der Waals surface area contributed by atoms with Crippen LogP contribution in [0.3, 0.4) is 0 Å². The molecule has 2 fully saturated rings. The Morgan fingerprint density at radius 1 is 1.14 bits per heavy atom. The maximum atomic E-state index is 12.6. The van der Waals surface area contributed by atoms with Gasteiger partial charge in [0.1, 0.15) is 6.04 Å². The van der Waals surface area contributed by atoms with E-state index in [9.17, 15) is 14.4 Å². The summed E-state index contributed by atoms with van der Waals surface area (Å²) in [6.45, 7) is 0.299. The smallest absolute Gasteiger partial charge is 0.324 e. The van der Waals surface area contributed by atoms with E-state index in [0.29, 0.717) is 13.0 Å². The highest BCUT2D eigenvalue weighted by molar-refractivity contribution is 6.05. The van der Waals surface area contributed by atoms with Gasteiger partial charge in [0.15, 0.2) is 0 Å². The number of nitrogens with zero attached hydrogens (tertiary/aromatic N) is 1. The molecule has 3 N–H and O–H groups in total. The third kappa shape index (κ3) is 3.88. The van der Waals surface area contributed by atoms with Crippen LogP contribution in [0.1, 0.15) is 44.1 Å². The Balaban J connectivity index is 1.32. The fraction of sp³-hybridized carbons (Fsp3) is 0.476. The van der Waals surface area contributed by atoms with Gasteiger partial charge in [-0.25, -0.2) is 4.79 Å². The number of hydrogen-bond acceptors (Lipinski definition) is 3. The largest absolute Gasteiger partial charge is 0.361 e. The van der Waals surface area contributed by atoms with Crippen LogP contribution in [0.5, 0.6) is 0 Å². The summed E-state index contributed by atoms with van der Waals surface area (Å²) in [7, 11) is 0. The molecule has 2 heterocycles. The van der Waals surface area contributed by atoms with Gasteiger partial charge in [0.25, 0.3) is 5.91 Å². The molecule has 7 heteroatoms. The van der Waals surface area contributed by atoms with Crippen LogP contribution in [0.2, 0.25) is 0 Å². The summed E-state index contributed by atoms with van der Waals surface area (Å²) in [5.74, 6) is -0.479. The average molecular weight is 382 g/mol. The Hall–Kier alpha value is -2.83. The van der Waals surface area contributed by atoms with Gasteiger partial charge in [0, 0.05) is 29.7 Å². The number of para-hydroxylation sites is 1. The molecule has 4 amide bonds. The SMILES string of the molecule is O=C(C[C@H]1NC(=O)N(CCc2c[nH]c3ccccc23)C1=O)NC1CCCCC1. The number of urea groups is 1. The first-order valence-corrected chi connectivity index (χ1v) is 10.1. The zero-order valence-electron chi connectivity index (χ0n) is 15.9. The van der Waals surface area contributed by atoms with Crippen molar-refractivity contribution in [2.24, 2.45) is 0 Å². The zero-order valence-corrected chi connectivity index (χ0v) is 15.9. The highest BCUT2D eigenvalue weighted by Gasteiger charge is 2.39. The van der Waals surface area contributed by atoms with E-state index in [1.165, 1.54) is 11.3 Å². The third-order valence-electron chi connectivity index (χ3n) is 5.75. The Labute approximate surface area is 163 Å². The predicted molar refractivity (Wildman–Crippen MR) is 106 cm³/mol. The Kier molecular flexibility index (Phi) is 5.32. The molecule has 0 bridgehead atoms. The lowest BCUT2D eigenvalue weighted by molar-refractivity contribution is -0.131. The molecule has 4 rings (SSSR count).